The van der Waals surface area contributed by atoms with Gasteiger partial charge in [0.1, 0.15) is 23.9 Å². The zero-order valence-electron chi connectivity index (χ0n) is 11.3. The molecule has 20 heavy (non-hydrogen) atoms. The third-order valence-corrected chi connectivity index (χ3v) is 3.96. The van der Waals surface area contributed by atoms with E-state index in [1.165, 1.54) is 12.1 Å². The van der Waals surface area contributed by atoms with Gasteiger partial charge in [0.2, 0.25) is 5.28 Å². The maximum atomic E-state index is 13.1. The summed E-state index contributed by atoms with van der Waals surface area (Å²) >= 11 is 6.15. The number of imidazole rings is 1. The van der Waals surface area contributed by atoms with Crippen LogP contribution in [-0.4, -0.2) is 9.55 Å². The van der Waals surface area contributed by atoms with E-state index in [4.69, 9.17) is 16.3 Å². The topological polar surface area (TPSA) is 27.1 Å². The second-order valence-corrected chi connectivity index (χ2v) is 5.61. The van der Waals surface area contributed by atoms with Crippen LogP contribution < -0.4 is 4.74 Å². The molecule has 0 saturated heterocycles. The Morgan fingerprint density at radius 1 is 1.50 bits per heavy atom. The number of benzene rings is 1. The summed E-state index contributed by atoms with van der Waals surface area (Å²) < 4.78 is 20.8. The van der Waals surface area contributed by atoms with Gasteiger partial charge in [-0.2, -0.15) is 0 Å². The summed E-state index contributed by atoms with van der Waals surface area (Å²) in [6.07, 6.45) is 2.08. The summed E-state index contributed by atoms with van der Waals surface area (Å²) in [6, 6.07) is 6.12. The number of rotatable bonds is 3. The fraction of sp³-hybridized carbons (Fsp3) is 0.400. The number of fused-ring (bicyclic) bond motifs is 1. The molecule has 1 aliphatic heterocycles. The van der Waals surface area contributed by atoms with Gasteiger partial charge in [-0.1, -0.05) is 13.0 Å². The molecule has 1 aromatic carbocycles. The zero-order chi connectivity index (χ0) is 14.1. The maximum absolute atomic E-state index is 13.1. The molecule has 5 heteroatoms. The largest absolute Gasteiger partial charge is 0.487 e. The van der Waals surface area contributed by atoms with E-state index in [1.54, 1.807) is 12.1 Å². The second kappa shape index (κ2) is 5.44. The SMILES string of the molecule is CC1CCn2c(Cl)nc(COc3cccc(F)c3)c2C1. The van der Waals surface area contributed by atoms with E-state index in [1.807, 2.05) is 4.57 Å². The zero-order valence-corrected chi connectivity index (χ0v) is 12.0. The van der Waals surface area contributed by atoms with Gasteiger partial charge in [-0.15, -0.1) is 0 Å². The third-order valence-electron chi connectivity index (χ3n) is 3.67. The molecule has 0 N–H and O–H groups in total. The summed E-state index contributed by atoms with van der Waals surface area (Å²) in [6.45, 7) is 3.45. The highest BCUT2D eigenvalue weighted by molar-refractivity contribution is 6.28. The molecule has 2 aromatic rings. The lowest BCUT2D eigenvalue weighted by Crippen LogP contribution is -2.18. The van der Waals surface area contributed by atoms with Gasteiger partial charge in [0.25, 0.3) is 0 Å². The number of hydrogen-bond donors (Lipinski definition) is 0. The number of ether oxygens (including phenoxy) is 1. The predicted octanol–water partition coefficient (Wildman–Crippen LogP) is 3.84. The van der Waals surface area contributed by atoms with E-state index in [0.29, 0.717) is 23.6 Å². The minimum absolute atomic E-state index is 0.305. The Morgan fingerprint density at radius 2 is 2.35 bits per heavy atom. The summed E-state index contributed by atoms with van der Waals surface area (Å²) in [5.41, 5.74) is 2.00. The van der Waals surface area contributed by atoms with E-state index in [9.17, 15) is 4.39 Å². The van der Waals surface area contributed by atoms with Crippen LogP contribution in [0.25, 0.3) is 0 Å². The second-order valence-electron chi connectivity index (χ2n) is 5.27. The van der Waals surface area contributed by atoms with Crippen molar-refractivity contribution < 1.29 is 9.13 Å². The normalized spacial score (nSPS) is 17.9. The van der Waals surface area contributed by atoms with Crippen molar-refractivity contribution in [2.45, 2.75) is 32.9 Å². The molecule has 1 atom stereocenters. The first-order chi connectivity index (χ1) is 9.63. The lowest BCUT2D eigenvalue weighted by atomic mass is 9.97. The summed E-state index contributed by atoms with van der Waals surface area (Å²) in [7, 11) is 0. The first kappa shape index (κ1) is 13.4. The van der Waals surface area contributed by atoms with Crippen LogP contribution in [0.3, 0.4) is 0 Å². The van der Waals surface area contributed by atoms with E-state index >= 15 is 0 Å². The van der Waals surface area contributed by atoms with Crippen molar-refractivity contribution in [3.05, 3.63) is 46.8 Å². The van der Waals surface area contributed by atoms with Crippen LogP contribution in [0.5, 0.6) is 5.75 Å². The Bertz CT molecular complexity index is 626. The fourth-order valence-electron chi connectivity index (χ4n) is 2.56. The summed E-state index contributed by atoms with van der Waals surface area (Å²) in [4.78, 5) is 4.37. The van der Waals surface area contributed by atoms with E-state index in [0.717, 1.165) is 30.8 Å². The van der Waals surface area contributed by atoms with Gasteiger partial charge >= 0.3 is 0 Å². The molecular formula is C15H16ClFN2O. The van der Waals surface area contributed by atoms with Gasteiger partial charge in [-0.25, -0.2) is 9.37 Å². The molecule has 1 aliphatic rings. The first-order valence-corrected chi connectivity index (χ1v) is 7.13. The molecule has 2 heterocycles. The summed E-state index contributed by atoms with van der Waals surface area (Å²) in [5, 5.41) is 0.518. The molecule has 106 valence electrons. The molecule has 0 aliphatic carbocycles. The maximum Gasteiger partial charge on any atom is 0.203 e. The number of aromatic nitrogens is 2. The van der Waals surface area contributed by atoms with Gasteiger partial charge in [-0.3, -0.25) is 0 Å². The van der Waals surface area contributed by atoms with Crippen molar-refractivity contribution in [3.8, 4) is 5.75 Å². The molecule has 0 amide bonds. The molecular weight excluding hydrogens is 279 g/mol. The molecule has 0 radical (unpaired) electrons. The van der Waals surface area contributed by atoms with Crippen molar-refractivity contribution >= 4 is 11.6 Å². The number of halogens is 2. The Morgan fingerprint density at radius 3 is 3.15 bits per heavy atom. The standard InChI is InChI=1S/C15H16ClFN2O/c1-10-5-6-19-14(7-10)13(18-15(19)16)9-20-12-4-2-3-11(17)8-12/h2-4,8,10H,5-7,9H2,1H3. The lowest BCUT2D eigenvalue weighted by molar-refractivity contribution is 0.296. The van der Waals surface area contributed by atoms with E-state index in [2.05, 4.69) is 11.9 Å². The highest BCUT2D eigenvalue weighted by atomic mass is 35.5. The van der Waals surface area contributed by atoms with Crippen LogP contribution in [0.1, 0.15) is 24.7 Å². The average Bonchev–Trinajstić information content (AvgIpc) is 2.73. The van der Waals surface area contributed by atoms with Gasteiger partial charge in [0.15, 0.2) is 0 Å². The van der Waals surface area contributed by atoms with Crippen LogP contribution in [0, 0.1) is 11.7 Å². The smallest absolute Gasteiger partial charge is 0.203 e. The highest BCUT2D eigenvalue weighted by Gasteiger charge is 2.22. The van der Waals surface area contributed by atoms with Crippen molar-refractivity contribution in [1.82, 2.24) is 9.55 Å². The van der Waals surface area contributed by atoms with Crippen molar-refractivity contribution in [2.24, 2.45) is 5.92 Å². The lowest BCUT2D eigenvalue weighted by Gasteiger charge is -2.21. The average molecular weight is 295 g/mol. The first-order valence-electron chi connectivity index (χ1n) is 6.75. The number of nitrogens with zero attached hydrogens (tertiary/aromatic N) is 2. The molecule has 3 nitrogen and oxygen atoms in total. The molecule has 0 saturated carbocycles. The van der Waals surface area contributed by atoms with Gasteiger partial charge in [-0.05, 0) is 42.5 Å². The molecule has 0 fully saturated rings. The Balaban J connectivity index is 1.78. The van der Waals surface area contributed by atoms with E-state index in [-0.39, 0.29) is 5.82 Å². The molecule has 0 spiro atoms. The number of hydrogen-bond acceptors (Lipinski definition) is 2. The monoisotopic (exact) mass is 294 g/mol. The molecule has 1 unspecified atom stereocenters. The molecule has 1 aromatic heterocycles. The molecule has 3 rings (SSSR count). The van der Waals surface area contributed by atoms with Crippen molar-refractivity contribution in [2.75, 3.05) is 0 Å². The van der Waals surface area contributed by atoms with Crippen LogP contribution in [0.4, 0.5) is 4.39 Å². The third kappa shape index (κ3) is 2.66. The van der Waals surface area contributed by atoms with Crippen molar-refractivity contribution in [1.29, 1.82) is 0 Å². The van der Waals surface area contributed by atoms with Crippen LogP contribution >= 0.6 is 11.6 Å². The minimum Gasteiger partial charge on any atom is -0.487 e. The Kier molecular flexibility index (Phi) is 3.66. The van der Waals surface area contributed by atoms with Crippen LogP contribution in [0.15, 0.2) is 24.3 Å². The fourth-order valence-corrected chi connectivity index (χ4v) is 2.85. The quantitative estimate of drug-likeness (QED) is 0.860. The molecule has 0 bridgehead atoms. The van der Waals surface area contributed by atoms with Crippen molar-refractivity contribution in [3.63, 3.8) is 0 Å². The predicted molar refractivity (Wildman–Crippen MR) is 75.5 cm³/mol. The highest BCUT2D eigenvalue weighted by Crippen LogP contribution is 2.27. The summed E-state index contributed by atoms with van der Waals surface area (Å²) in [5.74, 6) is 0.830. The minimum atomic E-state index is -0.305. The van der Waals surface area contributed by atoms with Gasteiger partial charge < -0.3 is 9.30 Å². The Hall–Kier alpha value is -1.55. The van der Waals surface area contributed by atoms with E-state index < -0.39 is 0 Å². The van der Waals surface area contributed by atoms with Crippen LogP contribution in [0.2, 0.25) is 5.28 Å². The van der Waals surface area contributed by atoms with Gasteiger partial charge in [0, 0.05) is 18.3 Å². The Labute approximate surface area is 122 Å². The van der Waals surface area contributed by atoms with Gasteiger partial charge in [0.05, 0.1) is 0 Å². The van der Waals surface area contributed by atoms with Crippen LogP contribution in [-0.2, 0) is 19.6 Å².